The number of pyridine rings is 1. The fourth-order valence-corrected chi connectivity index (χ4v) is 7.93. The van der Waals surface area contributed by atoms with E-state index in [2.05, 4.69) is 10.1 Å². The second kappa shape index (κ2) is 10.8. The fraction of sp³-hybridized carbons (Fsp3) is 0.300. The van der Waals surface area contributed by atoms with Crippen molar-refractivity contribution in [2.24, 2.45) is 12.5 Å². The molecule has 0 spiro atoms. The van der Waals surface area contributed by atoms with Crippen LogP contribution in [0.25, 0.3) is 11.8 Å². The molecule has 14 heteroatoms. The Hall–Kier alpha value is -4.17. The van der Waals surface area contributed by atoms with Gasteiger partial charge in [0.05, 0.1) is 11.6 Å². The molecule has 0 saturated heterocycles. The van der Waals surface area contributed by atoms with Crippen molar-refractivity contribution in [3.63, 3.8) is 0 Å². The number of halogens is 5. The summed E-state index contributed by atoms with van der Waals surface area (Å²) in [4.78, 5) is 17.9. The van der Waals surface area contributed by atoms with Gasteiger partial charge in [-0.1, -0.05) is 5.57 Å². The molecule has 3 heterocycles. The number of aromatic nitrogens is 4. The van der Waals surface area contributed by atoms with E-state index >= 15 is 0 Å². The van der Waals surface area contributed by atoms with Gasteiger partial charge in [0.15, 0.2) is 5.78 Å². The molecule has 0 unspecified atom stereocenters. The highest BCUT2D eigenvalue weighted by molar-refractivity contribution is 7.89. The lowest BCUT2D eigenvalue weighted by atomic mass is 9.60. The van der Waals surface area contributed by atoms with Gasteiger partial charge in [-0.2, -0.15) is 22.6 Å². The third-order valence-corrected chi connectivity index (χ3v) is 10.1. The molecular weight excluding hydrogens is 605 g/mol. The summed E-state index contributed by atoms with van der Waals surface area (Å²) in [6, 6.07) is 8.37. The van der Waals surface area contributed by atoms with Gasteiger partial charge < -0.3 is 4.57 Å². The maximum absolute atomic E-state index is 14.3. The zero-order chi connectivity index (χ0) is 31.4. The van der Waals surface area contributed by atoms with E-state index in [9.17, 15) is 35.2 Å². The Labute approximate surface area is 249 Å². The summed E-state index contributed by atoms with van der Waals surface area (Å²) >= 11 is 0. The average molecular weight is 632 g/mol. The van der Waals surface area contributed by atoms with E-state index in [1.165, 1.54) is 23.9 Å². The van der Waals surface area contributed by atoms with Crippen LogP contribution in [0.2, 0.25) is 0 Å². The molecule has 4 aromatic rings. The number of benzene rings is 1. The number of carbonyl (C=O) groups excluding carboxylic acids is 1. The molecule has 3 aromatic heterocycles. The predicted molar refractivity (Wildman–Crippen MR) is 149 cm³/mol. The number of hydrogen-bond donors (Lipinski definition) is 0. The van der Waals surface area contributed by atoms with E-state index in [4.69, 9.17) is 0 Å². The normalized spacial score (nSPS) is 20.2. The molecule has 0 aliphatic heterocycles. The van der Waals surface area contributed by atoms with Crippen molar-refractivity contribution in [1.29, 1.82) is 0 Å². The summed E-state index contributed by atoms with van der Waals surface area (Å²) in [6.45, 7) is -1.76. The van der Waals surface area contributed by atoms with Crippen LogP contribution < -0.4 is 0 Å². The van der Waals surface area contributed by atoms with Crippen molar-refractivity contribution in [2.75, 3.05) is 6.54 Å². The number of allylic oxidation sites excluding steroid dienone is 1. The molecule has 0 bridgehead atoms. The summed E-state index contributed by atoms with van der Waals surface area (Å²) in [5, 5.41) is 3.82. The molecule has 2 aliphatic rings. The van der Waals surface area contributed by atoms with Gasteiger partial charge in [-0.05, 0) is 73.7 Å². The van der Waals surface area contributed by atoms with Crippen molar-refractivity contribution >= 4 is 21.9 Å². The van der Waals surface area contributed by atoms with Crippen LogP contribution in [0.1, 0.15) is 41.0 Å². The number of ketones is 1. The molecule has 0 amide bonds. The highest BCUT2D eigenvalue weighted by Crippen LogP contribution is 2.52. The molecule has 2 aliphatic carbocycles. The van der Waals surface area contributed by atoms with Gasteiger partial charge in [-0.3, -0.25) is 14.5 Å². The predicted octanol–water partition coefficient (Wildman–Crippen LogP) is 5.50. The minimum absolute atomic E-state index is 0.000392. The number of fused-ring (bicyclic) bond motifs is 2. The maximum Gasteiger partial charge on any atom is 0.402 e. The van der Waals surface area contributed by atoms with Crippen LogP contribution in [-0.4, -0.2) is 56.6 Å². The SMILES string of the molecule is Cn1cc(S(=O)(=O)N(CC(F)(F)F)[C@H]2CCC3=Cc4c(ccn4-c4ccc(F)cc4)C[C@]3(C(=O)c3cc(F)ccn3)C2)cn1. The van der Waals surface area contributed by atoms with Crippen molar-refractivity contribution in [3.05, 3.63) is 101 Å². The van der Waals surface area contributed by atoms with Crippen molar-refractivity contribution < 1.29 is 35.2 Å². The number of aryl methyl sites for hydroxylation is 1. The van der Waals surface area contributed by atoms with E-state index in [1.54, 1.807) is 30.5 Å². The Morgan fingerprint density at radius 1 is 1.11 bits per heavy atom. The Balaban J connectivity index is 1.46. The smallest absolute Gasteiger partial charge is 0.317 e. The topological polar surface area (TPSA) is 90.1 Å². The highest BCUT2D eigenvalue weighted by atomic mass is 32.2. The molecule has 1 saturated carbocycles. The van der Waals surface area contributed by atoms with Crippen LogP contribution in [0, 0.1) is 17.0 Å². The summed E-state index contributed by atoms with van der Waals surface area (Å²) in [7, 11) is -3.24. The first-order chi connectivity index (χ1) is 20.8. The van der Waals surface area contributed by atoms with Gasteiger partial charge in [0.25, 0.3) is 0 Å². The Kier molecular flexibility index (Phi) is 7.31. The lowest BCUT2D eigenvalue weighted by molar-refractivity contribution is -0.140. The molecule has 230 valence electrons. The Bertz CT molecular complexity index is 1880. The molecule has 0 radical (unpaired) electrons. The minimum Gasteiger partial charge on any atom is -0.317 e. The summed E-state index contributed by atoms with van der Waals surface area (Å²) in [6.07, 6.45) is 1.70. The van der Waals surface area contributed by atoms with Crippen LogP contribution >= 0.6 is 0 Å². The average Bonchev–Trinajstić information content (AvgIpc) is 3.60. The largest absolute Gasteiger partial charge is 0.402 e. The summed E-state index contributed by atoms with van der Waals surface area (Å²) in [5.74, 6) is -1.74. The number of rotatable bonds is 7. The number of alkyl halides is 3. The van der Waals surface area contributed by atoms with E-state index in [-0.39, 0.29) is 31.4 Å². The van der Waals surface area contributed by atoms with Crippen molar-refractivity contribution in [1.82, 2.24) is 23.6 Å². The zero-order valence-corrected chi connectivity index (χ0v) is 24.1. The number of Topliss-reactive ketones (excluding diaryl/α,β-unsaturated/α-hetero) is 1. The molecule has 1 aromatic carbocycles. The molecule has 1 fully saturated rings. The zero-order valence-electron chi connectivity index (χ0n) is 23.3. The minimum atomic E-state index is -4.88. The van der Waals surface area contributed by atoms with Crippen LogP contribution in [0.5, 0.6) is 0 Å². The number of hydrogen-bond acceptors (Lipinski definition) is 5. The number of nitrogens with zero attached hydrogens (tertiary/aromatic N) is 5. The first-order valence-electron chi connectivity index (χ1n) is 13.7. The molecular formula is C30H26F5N5O3S. The van der Waals surface area contributed by atoms with Crippen molar-refractivity contribution in [3.8, 4) is 5.69 Å². The Morgan fingerprint density at radius 3 is 2.52 bits per heavy atom. The van der Waals surface area contributed by atoms with Crippen LogP contribution in [0.3, 0.4) is 0 Å². The first kappa shape index (κ1) is 29.9. The second-order valence-electron chi connectivity index (χ2n) is 11.1. The van der Waals surface area contributed by atoms with Gasteiger partial charge >= 0.3 is 6.18 Å². The van der Waals surface area contributed by atoms with E-state index < -0.39 is 56.5 Å². The van der Waals surface area contributed by atoms with Crippen molar-refractivity contribution in [2.45, 2.75) is 42.8 Å². The molecule has 0 N–H and O–H groups in total. The molecule has 8 nitrogen and oxygen atoms in total. The summed E-state index contributed by atoms with van der Waals surface area (Å²) in [5.41, 5.74) is 0.889. The van der Waals surface area contributed by atoms with Crippen LogP contribution in [0.4, 0.5) is 22.0 Å². The molecule has 6 rings (SSSR count). The van der Waals surface area contributed by atoms with Crippen LogP contribution in [-0.2, 0) is 23.5 Å². The maximum atomic E-state index is 14.3. The second-order valence-corrected chi connectivity index (χ2v) is 13.0. The summed E-state index contributed by atoms with van der Waals surface area (Å²) < 4.78 is 100. The molecule has 44 heavy (non-hydrogen) atoms. The van der Waals surface area contributed by atoms with Gasteiger partial charge in [0, 0.05) is 49.1 Å². The van der Waals surface area contributed by atoms with E-state index in [1.807, 2.05) is 4.57 Å². The van der Waals surface area contributed by atoms with Gasteiger partial charge in [0.2, 0.25) is 10.0 Å². The van der Waals surface area contributed by atoms with Gasteiger partial charge in [-0.15, -0.1) is 0 Å². The lowest BCUT2D eigenvalue weighted by Crippen LogP contribution is -2.52. The van der Waals surface area contributed by atoms with E-state index in [0.717, 1.165) is 30.7 Å². The third-order valence-electron chi connectivity index (χ3n) is 8.29. The quantitative estimate of drug-likeness (QED) is 0.199. The molecule has 2 atom stereocenters. The fourth-order valence-electron chi connectivity index (χ4n) is 6.30. The number of carbonyl (C=O) groups is 1. The van der Waals surface area contributed by atoms with Gasteiger partial charge in [0.1, 0.15) is 28.8 Å². The number of sulfonamides is 1. The lowest BCUT2D eigenvalue weighted by Gasteiger charge is -2.46. The monoisotopic (exact) mass is 631 g/mol. The third kappa shape index (κ3) is 5.36. The Morgan fingerprint density at radius 2 is 1.86 bits per heavy atom. The highest BCUT2D eigenvalue weighted by Gasteiger charge is 2.53. The standard InChI is InChI=1S/C30H26F5N5O3S/c1-38-17-25(16-37-38)44(42,43)40(18-30(33,34)35)24-5-2-20-12-27-19(9-11-39(27)23-6-3-21(31)4-7-23)14-29(20,15-24)28(41)26-13-22(32)8-10-36-26/h3-4,6-13,16-17,24H,2,5,14-15,18H2,1H3/t24-,29-/m0/s1. The van der Waals surface area contributed by atoms with Gasteiger partial charge in [-0.25, -0.2) is 17.2 Å². The first-order valence-corrected chi connectivity index (χ1v) is 15.1. The van der Waals surface area contributed by atoms with Crippen LogP contribution in [0.15, 0.2) is 77.7 Å². The van der Waals surface area contributed by atoms with E-state index in [0.29, 0.717) is 26.8 Å².